The van der Waals surface area contributed by atoms with Crippen LogP contribution in [0.2, 0.25) is 0 Å². The van der Waals surface area contributed by atoms with E-state index < -0.39 is 0 Å². The third-order valence-corrected chi connectivity index (χ3v) is 3.15. The molecule has 1 saturated carbocycles. The van der Waals surface area contributed by atoms with E-state index in [0.717, 1.165) is 12.3 Å². The maximum atomic E-state index is 4.37. The van der Waals surface area contributed by atoms with Crippen LogP contribution in [-0.4, -0.2) is 4.98 Å². The molecule has 1 aromatic rings. The van der Waals surface area contributed by atoms with Gasteiger partial charge in [-0.25, -0.2) is 4.98 Å². The first-order valence-corrected chi connectivity index (χ1v) is 4.66. The van der Waals surface area contributed by atoms with Gasteiger partial charge in [0.25, 0.3) is 0 Å². The average molecular weight is 153 g/mol. The summed E-state index contributed by atoms with van der Waals surface area (Å²) in [5.74, 6) is 0.838. The Bertz CT molecular complexity index is 225. The van der Waals surface area contributed by atoms with Gasteiger partial charge < -0.3 is 0 Å². The van der Waals surface area contributed by atoms with Gasteiger partial charge >= 0.3 is 0 Å². The topological polar surface area (TPSA) is 12.9 Å². The molecular weight excluding hydrogens is 142 g/mol. The van der Waals surface area contributed by atoms with Gasteiger partial charge in [-0.3, -0.25) is 0 Å². The van der Waals surface area contributed by atoms with E-state index >= 15 is 0 Å². The van der Waals surface area contributed by atoms with Gasteiger partial charge in [0.1, 0.15) is 0 Å². The summed E-state index contributed by atoms with van der Waals surface area (Å²) in [6.07, 6.45) is 5.91. The summed E-state index contributed by atoms with van der Waals surface area (Å²) in [4.78, 5) is 5.80. The largest absolute Gasteiger partial charge is 0.249 e. The van der Waals surface area contributed by atoms with Gasteiger partial charge in [-0.1, -0.05) is 6.92 Å². The standard InChI is InChI=1S/C8H11NS/c1-2-7-5-9-8(10-7)6-3-4-6/h5-6H,2-4H2,1H3. The number of hydrogen-bond acceptors (Lipinski definition) is 2. The number of aryl methyl sites for hydroxylation is 1. The Balaban J connectivity index is 2.19. The zero-order valence-electron chi connectivity index (χ0n) is 6.13. The second-order valence-corrected chi connectivity index (χ2v) is 3.94. The lowest BCUT2D eigenvalue weighted by molar-refractivity contribution is 1.08. The van der Waals surface area contributed by atoms with Crippen LogP contribution < -0.4 is 0 Å². The molecule has 54 valence electrons. The van der Waals surface area contributed by atoms with Gasteiger partial charge in [0, 0.05) is 17.0 Å². The van der Waals surface area contributed by atoms with Crippen molar-refractivity contribution in [3.8, 4) is 0 Å². The summed E-state index contributed by atoms with van der Waals surface area (Å²) in [6.45, 7) is 2.18. The summed E-state index contributed by atoms with van der Waals surface area (Å²) in [5.41, 5.74) is 0. The van der Waals surface area contributed by atoms with Gasteiger partial charge in [0.2, 0.25) is 0 Å². The van der Waals surface area contributed by atoms with E-state index in [4.69, 9.17) is 0 Å². The van der Waals surface area contributed by atoms with Crippen LogP contribution >= 0.6 is 11.3 Å². The van der Waals surface area contributed by atoms with Crippen LogP contribution in [0.5, 0.6) is 0 Å². The van der Waals surface area contributed by atoms with Crippen molar-refractivity contribution in [1.82, 2.24) is 4.98 Å². The molecule has 0 radical (unpaired) electrons. The monoisotopic (exact) mass is 153 g/mol. The molecule has 0 unspecified atom stereocenters. The van der Waals surface area contributed by atoms with Crippen LogP contribution in [0.3, 0.4) is 0 Å². The summed E-state index contributed by atoms with van der Waals surface area (Å²) in [6, 6.07) is 0. The average Bonchev–Trinajstić information content (AvgIpc) is 2.70. The van der Waals surface area contributed by atoms with Crippen molar-refractivity contribution >= 4 is 11.3 Å². The van der Waals surface area contributed by atoms with Gasteiger partial charge in [-0.2, -0.15) is 0 Å². The number of nitrogens with zero attached hydrogens (tertiary/aromatic N) is 1. The fourth-order valence-corrected chi connectivity index (χ4v) is 2.03. The van der Waals surface area contributed by atoms with Crippen LogP contribution in [0.4, 0.5) is 0 Å². The quantitative estimate of drug-likeness (QED) is 0.636. The van der Waals surface area contributed by atoms with Gasteiger partial charge in [-0.05, 0) is 19.3 Å². The summed E-state index contributed by atoms with van der Waals surface area (Å²) < 4.78 is 0. The highest BCUT2D eigenvalue weighted by Gasteiger charge is 2.26. The Kier molecular flexibility index (Phi) is 1.49. The van der Waals surface area contributed by atoms with Crippen LogP contribution in [-0.2, 0) is 6.42 Å². The van der Waals surface area contributed by atoms with E-state index in [1.807, 2.05) is 17.5 Å². The highest BCUT2D eigenvalue weighted by molar-refractivity contribution is 7.11. The molecule has 0 saturated heterocycles. The number of rotatable bonds is 2. The van der Waals surface area contributed by atoms with Crippen LogP contribution in [0.15, 0.2) is 6.20 Å². The minimum absolute atomic E-state index is 0.838. The van der Waals surface area contributed by atoms with E-state index in [2.05, 4.69) is 11.9 Å². The molecule has 1 aromatic heterocycles. The third-order valence-electron chi connectivity index (χ3n) is 1.85. The lowest BCUT2D eigenvalue weighted by Gasteiger charge is -1.83. The molecule has 0 N–H and O–H groups in total. The molecule has 2 heteroatoms. The maximum absolute atomic E-state index is 4.37. The van der Waals surface area contributed by atoms with E-state index in [1.54, 1.807) is 0 Å². The Labute approximate surface area is 65.1 Å². The lowest BCUT2D eigenvalue weighted by atomic mass is 10.4. The Morgan fingerprint density at radius 3 is 3.00 bits per heavy atom. The second kappa shape index (κ2) is 2.35. The minimum Gasteiger partial charge on any atom is -0.249 e. The Morgan fingerprint density at radius 2 is 2.50 bits per heavy atom. The molecule has 0 amide bonds. The number of thiazole rings is 1. The SMILES string of the molecule is CCc1cnc(C2CC2)s1. The first-order chi connectivity index (χ1) is 4.90. The molecule has 1 nitrogen and oxygen atoms in total. The van der Waals surface area contributed by atoms with Crippen LogP contribution in [0, 0.1) is 0 Å². The molecule has 1 aliphatic carbocycles. The molecule has 1 fully saturated rings. The fraction of sp³-hybridized carbons (Fsp3) is 0.625. The zero-order valence-corrected chi connectivity index (χ0v) is 6.95. The molecule has 1 aliphatic rings. The summed E-state index contributed by atoms with van der Waals surface area (Å²) >= 11 is 1.89. The summed E-state index contributed by atoms with van der Waals surface area (Å²) in [7, 11) is 0. The Hall–Kier alpha value is -0.370. The van der Waals surface area contributed by atoms with Crippen molar-refractivity contribution in [3.05, 3.63) is 16.1 Å². The van der Waals surface area contributed by atoms with E-state index in [-0.39, 0.29) is 0 Å². The van der Waals surface area contributed by atoms with Crippen molar-refractivity contribution in [2.75, 3.05) is 0 Å². The Morgan fingerprint density at radius 1 is 1.70 bits per heavy atom. The van der Waals surface area contributed by atoms with E-state index in [0.29, 0.717) is 0 Å². The lowest BCUT2D eigenvalue weighted by Crippen LogP contribution is -1.70. The van der Waals surface area contributed by atoms with Crippen molar-refractivity contribution < 1.29 is 0 Å². The second-order valence-electron chi connectivity index (χ2n) is 2.79. The third kappa shape index (κ3) is 1.08. The molecule has 1 heterocycles. The van der Waals surface area contributed by atoms with Crippen LogP contribution in [0.1, 0.15) is 35.6 Å². The van der Waals surface area contributed by atoms with Gasteiger partial charge in [-0.15, -0.1) is 11.3 Å². The fourth-order valence-electron chi connectivity index (χ4n) is 1.01. The van der Waals surface area contributed by atoms with Crippen molar-refractivity contribution in [3.63, 3.8) is 0 Å². The highest BCUT2D eigenvalue weighted by Crippen LogP contribution is 2.41. The zero-order chi connectivity index (χ0) is 6.97. The smallest absolute Gasteiger partial charge is 0.0958 e. The van der Waals surface area contributed by atoms with Crippen molar-refractivity contribution in [2.45, 2.75) is 32.1 Å². The molecule has 0 spiro atoms. The minimum atomic E-state index is 0.838. The molecule has 0 aliphatic heterocycles. The predicted molar refractivity (Wildman–Crippen MR) is 43.5 cm³/mol. The van der Waals surface area contributed by atoms with Gasteiger partial charge in [0.05, 0.1) is 5.01 Å². The highest BCUT2D eigenvalue weighted by atomic mass is 32.1. The maximum Gasteiger partial charge on any atom is 0.0958 e. The molecular formula is C8H11NS. The number of aromatic nitrogens is 1. The van der Waals surface area contributed by atoms with E-state index in [9.17, 15) is 0 Å². The van der Waals surface area contributed by atoms with Crippen molar-refractivity contribution in [2.24, 2.45) is 0 Å². The van der Waals surface area contributed by atoms with Crippen molar-refractivity contribution in [1.29, 1.82) is 0 Å². The first kappa shape index (κ1) is 6.35. The van der Waals surface area contributed by atoms with Gasteiger partial charge in [0.15, 0.2) is 0 Å². The molecule has 0 aromatic carbocycles. The molecule has 0 atom stereocenters. The van der Waals surface area contributed by atoms with Crippen LogP contribution in [0.25, 0.3) is 0 Å². The molecule has 2 rings (SSSR count). The molecule has 10 heavy (non-hydrogen) atoms. The normalized spacial score (nSPS) is 17.7. The van der Waals surface area contributed by atoms with E-state index in [1.165, 1.54) is 22.7 Å². The molecule has 0 bridgehead atoms. The number of hydrogen-bond donors (Lipinski definition) is 0. The predicted octanol–water partition coefficient (Wildman–Crippen LogP) is 2.58. The first-order valence-electron chi connectivity index (χ1n) is 3.84. The summed E-state index contributed by atoms with van der Waals surface area (Å²) in [5, 5.41) is 1.37.